The number of fused-ring (bicyclic) bond motifs is 5. The molecule has 10 heteroatoms. The van der Waals surface area contributed by atoms with E-state index in [9.17, 15) is 19.2 Å². The van der Waals surface area contributed by atoms with Gasteiger partial charge >= 0.3 is 5.97 Å². The van der Waals surface area contributed by atoms with Gasteiger partial charge in [-0.1, -0.05) is 12.2 Å². The van der Waals surface area contributed by atoms with Gasteiger partial charge in [0, 0.05) is 0 Å². The van der Waals surface area contributed by atoms with Crippen LogP contribution < -0.4 is 10.6 Å². The fraction of sp³-hybridized carbons (Fsp3) is 0.421. The minimum Gasteiger partial charge on any atom is -0.462 e. The Kier molecular flexibility index (Phi) is 5.22. The summed E-state index contributed by atoms with van der Waals surface area (Å²) in [5, 5.41) is 7.37. The summed E-state index contributed by atoms with van der Waals surface area (Å²) < 4.78 is 4.97. The molecule has 4 atom stereocenters. The van der Waals surface area contributed by atoms with E-state index in [2.05, 4.69) is 10.6 Å². The predicted octanol–water partition coefficient (Wildman–Crippen LogP) is 1.54. The monoisotopic (exact) mass is 433 g/mol. The Balaban J connectivity index is 1.34. The van der Waals surface area contributed by atoms with Crippen molar-refractivity contribution in [1.82, 2.24) is 10.2 Å². The molecule has 8 nitrogen and oxygen atoms in total. The second-order valence-electron chi connectivity index (χ2n) is 7.15. The number of esters is 1. The number of imide groups is 1. The number of ether oxygens (including phenoxy) is 1. The maximum atomic E-state index is 12.6. The SMILES string of the molecule is CCOC(=O)c1ccsc1NC(=S)NC(=O)CN1C(=O)[C@@H]2[C@H](C1=O)[C@H]1C=C[C@H]2C1. The standard InChI is InChI=1S/C19H19N3O5S2/c1-2-27-18(26)11-5-6-29-15(11)21-19(28)20-12(23)8-22-16(24)13-9-3-4-10(7-9)14(13)17(22)25/h3-6,9-10,13-14H,2,7-8H2,1H3,(H2,20,21,23,28)/t9-,10-,13-,14+/m0/s1. The molecule has 29 heavy (non-hydrogen) atoms. The molecule has 1 saturated carbocycles. The van der Waals surface area contributed by atoms with Crippen LogP contribution in [0.25, 0.3) is 0 Å². The highest BCUT2D eigenvalue weighted by Gasteiger charge is 2.59. The van der Waals surface area contributed by atoms with Crippen LogP contribution >= 0.6 is 23.6 Å². The number of thiocarbonyl (C=S) groups is 1. The number of hydrogen-bond donors (Lipinski definition) is 2. The van der Waals surface area contributed by atoms with Crippen molar-refractivity contribution in [1.29, 1.82) is 0 Å². The summed E-state index contributed by atoms with van der Waals surface area (Å²) in [6.07, 6.45) is 4.84. The normalized spacial score (nSPS) is 26.6. The van der Waals surface area contributed by atoms with Crippen LogP contribution in [0.3, 0.4) is 0 Å². The van der Waals surface area contributed by atoms with E-state index in [1.165, 1.54) is 11.3 Å². The Morgan fingerprint density at radius 1 is 1.24 bits per heavy atom. The van der Waals surface area contributed by atoms with Crippen LogP contribution in [0.1, 0.15) is 23.7 Å². The topological polar surface area (TPSA) is 105 Å². The number of likely N-dealkylation sites (tertiary alicyclic amines) is 1. The van der Waals surface area contributed by atoms with Crippen molar-refractivity contribution in [3.05, 3.63) is 29.2 Å². The zero-order chi connectivity index (χ0) is 20.7. The van der Waals surface area contributed by atoms with Crippen LogP contribution in [0.2, 0.25) is 0 Å². The van der Waals surface area contributed by atoms with Gasteiger partial charge in [-0.25, -0.2) is 4.79 Å². The Morgan fingerprint density at radius 3 is 2.52 bits per heavy atom. The van der Waals surface area contributed by atoms with Crippen LogP contribution in [-0.2, 0) is 19.1 Å². The van der Waals surface area contributed by atoms with Gasteiger partial charge in [-0.3, -0.25) is 19.3 Å². The second kappa shape index (κ2) is 7.68. The minimum atomic E-state index is -0.571. The maximum Gasteiger partial charge on any atom is 0.341 e. The molecule has 1 aromatic rings. The lowest BCUT2D eigenvalue weighted by Gasteiger charge is -2.17. The van der Waals surface area contributed by atoms with Crippen molar-refractivity contribution in [3.63, 3.8) is 0 Å². The Labute approximate surface area is 176 Å². The molecule has 0 radical (unpaired) electrons. The molecule has 4 rings (SSSR count). The highest BCUT2D eigenvalue weighted by atomic mass is 32.1. The van der Waals surface area contributed by atoms with E-state index in [0.717, 1.165) is 11.3 Å². The zero-order valence-corrected chi connectivity index (χ0v) is 17.2. The molecule has 0 aromatic carbocycles. The van der Waals surface area contributed by atoms with Gasteiger partial charge in [0.15, 0.2) is 5.11 Å². The number of nitrogens with zero attached hydrogens (tertiary/aromatic N) is 1. The Hall–Kier alpha value is -2.59. The lowest BCUT2D eigenvalue weighted by Crippen LogP contribution is -2.44. The lowest BCUT2D eigenvalue weighted by molar-refractivity contribution is -0.144. The molecular formula is C19H19N3O5S2. The van der Waals surface area contributed by atoms with Gasteiger partial charge in [-0.05, 0) is 48.8 Å². The first-order valence-corrected chi connectivity index (χ1v) is 10.6. The maximum absolute atomic E-state index is 12.6. The Bertz CT molecular complexity index is 910. The van der Waals surface area contributed by atoms with E-state index >= 15 is 0 Å². The van der Waals surface area contributed by atoms with Gasteiger partial charge in [0.05, 0.1) is 24.0 Å². The van der Waals surface area contributed by atoms with E-state index in [1.807, 2.05) is 12.2 Å². The quantitative estimate of drug-likeness (QED) is 0.314. The van der Waals surface area contributed by atoms with Gasteiger partial charge in [0.2, 0.25) is 17.7 Å². The summed E-state index contributed by atoms with van der Waals surface area (Å²) >= 11 is 6.36. The number of thiophene rings is 1. The van der Waals surface area contributed by atoms with Crippen molar-refractivity contribution in [2.75, 3.05) is 18.5 Å². The molecule has 2 heterocycles. The summed E-state index contributed by atoms with van der Waals surface area (Å²) in [6.45, 7) is 1.58. The van der Waals surface area contributed by atoms with E-state index in [0.29, 0.717) is 10.6 Å². The number of amides is 3. The van der Waals surface area contributed by atoms with Gasteiger partial charge in [0.25, 0.3) is 0 Å². The van der Waals surface area contributed by atoms with Gasteiger partial charge in [-0.15, -0.1) is 11.3 Å². The first kappa shape index (κ1) is 19.7. The van der Waals surface area contributed by atoms with Crippen molar-refractivity contribution in [2.24, 2.45) is 23.7 Å². The smallest absolute Gasteiger partial charge is 0.341 e. The first-order chi connectivity index (χ1) is 13.9. The summed E-state index contributed by atoms with van der Waals surface area (Å²) in [5.41, 5.74) is 0.314. The highest BCUT2D eigenvalue weighted by molar-refractivity contribution is 7.80. The zero-order valence-electron chi connectivity index (χ0n) is 15.5. The van der Waals surface area contributed by atoms with Crippen molar-refractivity contribution in [2.45, 2.75) is 13.3 Å². The molecule has 1 saturated heterocycles. The van der Waals surface area contributed by atoms with E-state index in [1.54, 1.807) is 18.4 Å². The number of rotatable bonds is 5. The average molecular weight is 434 g/mol. The van der Waals surface area contributed by atoms with Crippen LogP contribution in [0.4, 0.5) is 5.00 Å². The fourth-order valence-electron chi connectivity index (χ4n) is 4.34. The second-order valence-corrected chi connectivity index (χ2v) is 8.47. The molecule has 0 unspecified atom stereocenters. The largest absolute Gasteiger partial charge is 0.462 e. The average Bonchev–Trinajstić information content (AvgIpc) is 3.43. The van der Waals surface area contributed by atoms with Crippen LogP contribution in [0, 0.1) is 23.7 Å². The van der Waals surface area contributed by atoms with Crippen molar-refractivity contribution < 1.29 is 23.9 Å². The lowest BCUT2D eigenvalue weighted by atomic mass is 9.85. The third-order valence-corrected chi connectivity index (χ3v) is 6.54. The first-order valence-electron chi connectivity index (χ1n) is 9.29. The van der Waals surface area contributed by atoms with Crippen LogP contribution in [0.15, 0.2) is 23.6 Å². The minimum absolute atomic E-state index is 0.0241. The van der Waals surface area contributed by atoms with Gasteiger partial charge in [0.1, 0.15) is 11.5 Å². The molecule has 3 aliphatic rings. The fourth-order valence-corrected chi connectivity index (χ4v) is 5.40. The molecule has 0 spiro atoms. The molecular weight excluding hydrogens is 414 g/mol. The van der Waals surface area contributed by atoms with Gasteiger partial charge in [-0.2, -0.15) is 0 Å². The summed E-state index contributed by atoms with van der Waals surface area (Å²) in [5.74, 6) is -2.12. The molecule has 2 N–H and O–H groups in total. The molecule has 1 aliphatic heterocycles. The van der Waals surface area contributed by atoms with Crippen molar-refractivity contribution >= 4 is 57.4 Å². The van der Waals surface area contributed by atoms with Gasteiger partial charge < -0.3 is 15.4 Å². The summed E-state index contributed by atoms with van der Waals surface area (Å²) in [6, 6.07) is 1.60. The molecule has 2 fully saturated rings. The molecule has 3 amide bonds. The van der Waals surface area contributed by atoms with E-state index in [4.69, 9.17) is 17.0 Å². The van der Waals surface area contributed by atoms with Crippen LogP contribution in [0.5, 0.6) is 0 Å². The summed E-state index contributed by atoms with van der Waals surface area (Å²) in [7, 11) is 0. The molecule has 2 aliphatic carbocycles. The summed E-state index contributed by atoms with van der Waals surface area (Å²) in [4.78, 5) is 50.6. The number of anilines is 1. The number of carbonyl (C=O) groups excluding carboxylic acids is 4. The van der Waals surface area contributed by atoms with E-state index < -0.39 is 11.9 Å². The number of carbonyl (C=O) groups is 4. The third kappa shape index (κ3) is 3.46. The predicted molar refractivity (Wildman–Crippen MR) is 109 cm³/mol. The van der Waals surface area contributed by atoms with Crippen LogP contribution in [-0.4, -0.2) is 46.9 Å². The highest BCUT2D eigenvalue weighted by Crippen LogP contribution is 2.52. The molecule has 1 aromatic heterocycles. The number of allylic oxidation sites excluding steroid dienone is 2. The number of nitrogens with one attached hydrogen (secondary N) is 2. The Morgan fingerprint density at radius 2 is 1.90 bits per heavy atom. The number of hydrogen-bond acceptors (Lipinski definition) is 7. The molecule has 2 bridgehead atoms. The molecule has 152 valence electrons. The van der Waals surface area contributed by atoms with Crippen molar-refractivity contribution in [3.8, 4) is 0 Å². The third-order valence-electron chi connectivity index (χ3n) is 5.50. The van der Waals surface area contributed by atoms with E-state index in [-0.39, 0.29) is 53.8 Å².